The Morgan fingerprint density at radius 1 is 1.44 bits per heavy atom. The first-order valence-electron chi connectivity index (χ1n) is 5.01. The number of hydrogen-bond acceptors (Lipinski definition) is 7. The predicted octanol–water partition coefficient (Wildman–Crippen LogP) is -3.48. The summed E-state index contributed by atoms with van der Waals surface area (Å²) >= 11 is 0. The van der Waals surface area contributed by atoms with E-state index < -0.39 is 36.8 Å². The zero-order valence-electron chi connectivity index (χ0n) is 8.80. The summed E-state index contributed by atoms with van der Waals surface area (Å²) in [6, 6.07) is 1.37. The molecule has 1 aliphatic rings. The van der Waals surface area contributed by atoms with E-state index in [9.17, 15) is 15.0 Å². The molecule has 0 unspecified atom stereocenters. The molecule has 1 aromatic rings. The Hall–Kier alpha value is -0.220. The molecule has 0 aliphatic carbocycles. The van der Waals surface area contributed by atoms with Crippen molar-refractivity contribution in [2.45, 2.75) is 24.5 Å². The zero-order chi connectivity index (χ0) is 12.6. The van der Waals surface area contributed by atoms with Crippen LogP contribution in [-0.4, -0.2) is 87.5 Å². The van der Waals surface area contributed by atoms with Crippen molar-refractivity contribution < 1.29 is 20.1 Å². The number of anilines is 1. The number of hydrogen-bond donors (Lipinski definition) is 4. The van der Waals surface area contributed by atoms with Crippen LogP contribution in [0.15, 0.2) is 17.1 Å². The molecule has 8 nitrogen and oxygen atoms in total. The van der Waals surface area contributed by atoms with E-state index in [0.29, 0.717) is 0 Å². The Labute approximate surface area is 132 Å². The maximum atomic E-state index is 11.5. The van der Waals surface area contributed by atoms with E-state index in [1.54, 1.807) is 0 Å². The van der Waals surface area contributed by atoms with Crippen LogP contribution in [0.5, 0.6) is 0 Å². The molecule has 0 spiro atoms. The van der Waals surface area contributed by atoms with E-state index in [4.69, 9.17) is 15.6 Å². The summed E-state index contributed by atoms with van der Waals surface area (Å²) in [5.41, 5.74) is 4.63. The van der Waals surface area contributed by atoms with E-state index in [2.05, 4.69) is 4.98 Å². The summed E-state index contributed by atoms with van der Waals surface area (Å²) < 4.78 is 6.19. The molecule has 4 atom stereocenters. The van der Waals surface area contributed by atoms with Crippen LogP contribution in [0.4, 0.5) is 5.82 Å². The molecule has 1 saturated heterocycles. The third kappa shape index (κ3) is 2.85. The van der Waals surface area contributed by atoms with Crippen molar-refractivity contribution in [3.05, 3.63) is 22.7 Å². The van der Waals surface area contributed by atoms with Crippen LogP contribution in [0, 0.1) is 0 Å². The van der Waals surface area contributed by atoms with Crippen molar-refractivity contribution in [1.82, 2.24) is 9.55 Å². The Morgan fingerprint density at radius 3 is 2.61 bits per heavy atom. The van der Waals surface area contributed by atoms with Gasteiger partial charge in [0.2, 0.25) is 0 Å². The molecular weight excluding hydrogens is 270 g/mol. The number of ether oxygens (including phenoxy) is 1. The van der Waals surface area contributed by atoms with E-state index >= 15 is 0 Å². The average Bonchev–Trinajstić information content (AvgIpc) is 2.57. The molecule has 2 rings (SSSR count). The molecule has 0 amide bonds. The number of aromatic nitrogens is 2. The second-order valence-corrected chi connectivity index (χ2v) is 3.77. The molecule has 5 N–H and O–H groups in total. The van der Waals surface area contributed by atoms with Gasteiger partial charge in [0.25, 0.3) is 0 Å². The molecule has 0 radical (unpaired) electrons. The SMILES string of the molecule is Nc1ccn([C@@H]2O[C@H](CO)[C@@H](O)[C@@H]2O)c(=O)n1.[CaH2]. The molecule has 0 bridgehead atoms. The standard InChI is InChI=1S/C9H13N3O5.Ca.2H/c10-5-1-2-12(9(16)11-5)8-7(15)6(14)4(3-13)17-8;;;/h1-2,4,6-8,13-15H,3H2,(H2,10,11,16);;;/t4-,6-,7+,8-;;;/m1.../s1. The zero-order valence-corrected chi connectivity index (χ0v) is 8.80. The number of nitrogens with two attached hydrogens (primary N) is 1. The van der Waals surface area contributed by atoms with Crippen LogP contribution >= 0.6 is 0 Å². The van der Waals surface area contributed by atoms with Crippen LogP contribution in [0.2, 0.25) is 0 Å². The molecule has 1 fully saturated rings. The van der Waals surface area contributed by atoms with E-state index in [0.717, 1.165) is 4.57 Å². The monoisotopic (exact) mass is 285 g/mol. The molecule has 18 heavy (non-hydrogen) atoms. The van der Waals surface area contributed by atoms with Gasteiger partial charge in [-0.05, 0) is 6.07 Å². The van der Waals surface area contributed by atoms with Gasteiger partial charge >= 0.3 is 43.4 Å². The van der Waals surface area contributed by atoms with E-state index in [1.165, 1.54) is 12.3 Å². The van der Waals surface area contributed by atoms with Gasteiger partial charge in [0.1, 0.15) is 24.1 Å². The number of nitrogen functional groups attached to an aromatic ring is 1. The van der Waals surface area contributed by atoms with Crippen molar-refractivity contribution in [3.8, 4) is 0 Å². The van der Waals surface area contributed by atoms with Gasteiger partial charge in [0.15, 0.2) is 6.23 Å². The Kier molecular flexibility index (Phi) is 5.53. The summed E-state index contributed by atoms with van der Waals surface area (Å²) in [7, 11) is 0. The molecule has 1 aliphatic heterocycles. The Balaban J connectivity index is 0.00000162. The topological polar surface area (TPSA) is 131 Å². The van der Waals surface area contributed by atoms with Gasteiger partial charge in [-0.25, -0.2) is 4.79 Å². The summed E-state index contributed by atoms with van der Waals surface area (Å²) in [6.07, 6.45) is -3.27. The normalized spacial score (nSPS) is 31.1. The fourth-order valence-corrected chi connectivity index (χ4v) is 1.73. The first-order valence-corrected chi connectivity index (χ1v) is 5.01. The van der Waals surface area contributed by atoms with E-state index in [1.807, 2.05) is 0 Å². The van der Waals surface area contributed by atoms with Gasteiger partial charge in [-0.1, -0.05) is 0 Å². The van der Waals surface area contributed by atoms with Gasteiger partial charge < -0.3 is 25.8 Å². The average molecular weight is 285 g/mol. The number of rotatable bonds is 2. The van der Waals surface area contributed by atoms with Gasteiger partial charge in [-0.15, -0.1) is 0 Å². The fourth-order valence-electron chi connectivity index (χ4n) is 1.73. The van der Waals surface area contributed by atoms with Gasteiger partial charge in [0.05, 0.1) is 6.61 Å². The summed E-state index contributed by atoms with van der Waals surface area (Å²) in [6.45, 7) is -0.453. The van der Waals surface area contributed by atoms with Crippen LogP contribution < -0.4 is 11.4 Å². The minimum atomic E-state index is -1.31. The van der Waals surface area contributed by atoms with Gasteiger partial charge in [0, 0.05) is 6.20 Å². The van der Waals surface area contributed by atoms with E-state index in [-0.39, 0.29) is 43.6 Å². The third-order valence-electron chi connectivity index (χ3n) is 2.64. The summed E-state index contributed by atoms with van der Waals surface area (Å²) in [5.74, 6) is 0.0537. The minimum absolute atomic E-state index is 0. The second-order valence-electron chi connectivity index (χ2n) is 3.77. The maximum absolute atomic E-state index is 11.5. The summed E-state index contributed by atoms with van der Waals surface area (Å²) in [4.78, 5) is 15.0. The van der Waals surface area contributed by atoms with Crippen LogP contribution in [-0.2, 0) is 4.74 Å². The number of aliphatic hydroxyl groups is 3. The van der Waals surface area contributed by atoms with Gasteiger partial charge in [-0.2, -0.15) is 4.98 Å². The first-order chi connectivity index (χ1) is 8.04. The van der Waals surface area contributed by atoms with Crippen molar-refractivity contribution >= 4 is 43.6 Å². The molecule has 0 aromatic carbocycles. The predicted molar refractivity (Wildman–Crippen MR) is 64.5 cm³/mol. The van der Waals surface area contributed by atoms with Crippen molar-refractivity contribution in [2.24, 2.45) is 0 Å². The van der Waals surface area contributed by atoms with Gasteiger partial charge in [-0.3, -0.25) is 4.57 Å². The quantitative estimate of drug-likeness (QED) is 0.415. The van der Waals surface area contributed by atoms with Crippen molar-refractivity contribution in [3.63, 3.8) is 0 Å². The van der Waals surface area contributed by atoms with Crippen LogP contribution in [0.3, 0.4) is 0 Å². The Morgan fingerprint density at radius 2 is 2.11 bits per heavy atom. The van der Waals surface area contributed by atoms with Crippen molar-refractivity contribution in [1.29, 1.82) is 0 Å². The number of nitrogens with zero attached hydrogens (tertiary/aromatic N) is 2. The molecule has 9 heteroatoms. The molecule has 0 saturated carbocycles. The summed E-state index contributed by atoms with van der Waals surface area (Å²) in [5, 5.41) is 28.2. The Bertz CT molecular complexity index is 468. The van der Waals surface area contributed by atoms with Crippen molar-refractivity contribution in [2.75, 3.05) is 12.3 Å². The second kappa shape index (κ2) is 6.29. The van der Waals surface area contributed by atoms with Crippen LogP contribution in [0.25, 0.3) is 0 Å². The fraction of sp³-hybridized carbons (Fsp3) is 0.556. The molecule has 2 heterocycles. The number of aliphatic hydroxyl groups excluding tert-OH is 3. The van der Waals surface area contributed by atoms with Crippen LogP contribution in [0.1, 0.15) is 6.23 Å². The molecule has 98 valence electrons. The first kappa shape index (κ1) is 15.8. The molecular formula is C9H15CaN3O5. The third-order valence-corrected chi connectivity index (χ3v) is 2.64. The molecule has 1 aromatic heterocycles.